The zero-order valence-electron chi connectivity index (χ0n) is 11.7. The SMILES string of the molecule is COCCSCC(=O)NCc1ccnc(N(C)C)c1. The molecule has 0 radical (unpaired) electrons. The van der Waals surface area contributed by atoms with Crippen LogP contribution in [0.25, 0.3) is 0 Å². The van der Waals surface area contributed by atoms with E-state index >= 15 is 0 Å². The molecule has 0 aliphatic rings. The molecule has 106 valence electrons. The van der Waals surface area contributed by atoms with Gasteiger partial charge in [0.15, 0.2) is 0 Å². The highest BCUT2D eigenvalue weighted by molar-refractivity contribution is 7.99. The van der Waals surface area contributed by atoms with Crippen molar-refractivity contribution in [1.82, 2.24) is 10.3 Å². The predicted molar refractivity (Wildman–Crippen MR) is 79.6 cm³/mol. The molecule has 6 heteroatoms. The number of rotatable bonds is 8. The molecule has 1 aromatic rings. The number of amides is 1. The third kappa shape index (κ3) is 6.45. The minimum Gasteiger partial charge on any atom is -0.384 e. The highest BCUT2D eigenvalue weighted by atomic mass is 32.2. The second-order valence-corrected chi connectivity index (χ2v) is 5.34. The molecule has 0 bridgehead atoms. The van der Waals surface area contributed by atoms with Gasteiger partial charge < -0.3 is 15.0 Å². The predicted octanol–water partition coefficient (Wildman–Crippen LogP) is 1.14. The van der Waals surface area contributed by atoms with E-state index < -0.39 is 0 Å². The van der Waals surface area contributed by atoms with Crippen molar-refractivity contribution in [3.05, 3.63) is 23.9 Å². The van der Waals surface area contributed by atoms with Gasteiger partial charge in [-0.3, -0.25) is 4.79 Å². The Morgan fingerprint density at radius 1 is 1.53 bits per heavy atom. The van der Waals surface area contributed by atoms with Crippen LogP contribution >= 0.6 is 11.8 Å². The minimum absolute atomic E-state index is 0.0457. The van der Waals surface area contributed by atoms with Crippen molar-refractivity contribution in [2.24, 2.45) is 0 Å². The lowest BCUT2D eigenvalue weighted by molar-refractivity contribution is -0.118. The van der Waals surface area contributed by atoms with Gasteiger partial charge in [-0.1, -0.05) is 0 Å². The number of hydrogen-bond acceptors (Lipinski definition) is 5. The molecule has 0 unspecified atom stereocenters. The van der Waals surface area contributed by atoms with Crippen LogP contribution in [-0.2, 0) is 16.1 Å². The first-order valence-corrected chi connectivity index (χ1v) is 7.24. The molecule has 1 N–H and O–H groups in total. The van der Waals surface area contributed by atoms with E-state index in [-0.39, 0.29) is 5.91 Å². The van der Waals surface area contributed by atoms with Crippen molar-refractivity contribution in [3.8, 4) is 0 Å². The fourth-order valence-electron chi connectivity index (χ4n) is 1.37. The number of aromatic nitrogens is 1. The fourth-order valence-corrected chi connectivity index (χ4v) is 2.09. The zero-order valence-corrected chi connectivity index (χ0v) is 12.5. The van der Waals surface area contributed by atoms with Gasteiger partial charge in [0.05, 0.1) is 12.4 Å². The van der Waals surface area contributed by atoms with Crippen molar-refractivity contribution in [1.29, 1.82) is 0 Å². The normalized spacial score (nSPS) is 10.3. The number of nitrogens with one attached hydrogen (secondary N) is 1. The number of carbonyl (C=O) groups is 1. The van der Waals surface area contributed by atoms with Crippen molar-refractivity contribution in [2.45, 2.75) is 6.54 Å². The van der Waals surface area contributed by atoms with E-state index in [1.807, 2.05) is 31.1 Å². The second-order valence-electron chi connectivity index (χ2n) is 4.24. The van der Waals surface area contributed by atoms with Crippen LogP contribution in [0.15, 0.2) is 18.3 Å². The number of methoxy groups -OCH3 is 1. The van der Waals surface area contributed by atoms with Gasteiger partial charge in [0.2, 0.25) is 5.91 Å². The Labute approximate surface area is 118 Å². The number of hydrogen-bond donors (Lipinski definition) is 1. The molecule has 5 nitrogen and oxygen atoms in total. The van der Waals surface area contributed by atoms with E-state index in [0.717, 1.165) is 17.1 Å². The number of carbonyl (C=O) groups excluding carboxylic acids is 1. The molecule has 0 fully saturated rings. The van der Waals surface area contributed by atoms with Gasteiger partial charge in [0.25, 0.3) is 0 Å². The molecule has 1 aromatic heterocycles. The maximum Gasteiger partial charge on any atom is 0.230 e. The Hall–Kier alpha value is -1.27. The van der Waals surface area contributed by atoms with Gasteiger partial charge in [-0.2, -0.15) is 0 Å². The molecule has 0 aliphatic carbocycles. The van der Waals surface area contributed by atoms with E-state index in [9.17, 15) is 4.79 Å². The topological polar surface area (TPSA) is 54.5 Å². The van der Waals surface area contributed by atoms with Crippen LogP contribution in [0.4, 0.5) is 5.82 Å². The van der Waals surface area contributed by atoms with Gasteiger partial charge in [-0.25, -0.2) is 4.98 Å². The molecule has 0 saturated carbocycles. The summed E-state index contributed by atoms with van der Waals surface area (Å²) >= 11 is 1.57. The summed E-state index contributed by atoms with van der Waals surface area (Å²) in [5.41, 5.74) is 1.05. The van der Waals surface area contributed by atoms with Crippen LogP contribution in [0, 0.1) is 0 Å². The van der Waals surface area contributed by atoms with E-state index in [2.05, 4.69) is 10.3 Å². The Morgan fingerprint density at radius 3 is 3.00 bits per heavy atom. The highest BCUT2D eigenvalue weighted by Gasteiger charge is 2.03. The van der Waals surface area contributed by atoms with Crippen molar-refractivity contribution < 1.29 is 9.53 Å². The monoisotopic (exact) mass is 283 g/mol. The summed E-state index contributed by atoms with van der Waals surface area (Å²) in [6.07, 6.45) is 1.75. The van der Waals surface area contributed by atoms with Crippen LogP contribution in [-0.4, -0.2) is 50.2 Å². The summed E-state index contributed by atoms with van der Waals surface area (Å²) in [5.74, 6) is 2.24. The smallest absolute Gasteiger partial charge is 0.230 e. The average molecular weight is 283 g/mol. The van der Waals surface area contributed by atoms with Crippen LogP contribution < -0.4 is 10.2 Å². The molecule has 0 aromatic carbocycles. The molecule has 0 spiro atoms. The fraction of sp³-hybridized carbons (Fsp3) is 0.538. The molecular weight excluding hydrogens is 262 g/mol. The molecule has 19 heavy (non-hydrogen) atoms. The number of pyridine rings is 1. The Kier molecular flexibility index (Phi) is 7.28. The van der Waals surface area contributed by atoms with Crippen molar-refractivity contribution in [2.75, 3.05) is 44.2 Å². The summed E-state index contributed by atoms with van der Waals surface area (Å²) in [6.45, 7) is 1.21. The third-order valence-corrected chi connectivity index (χ3v) is 3.34. The van der Waals surface area contributed by atoms with Gasteiger partial charge in [-0.15, -0.1) is 11.8 Å². The Balaban J connectivity index is 2.31. The highest BCUT2D eigenvalue weighted by Crippen LogP contribution is 2.09. The summed E-state index contributed by atoms with van der Waals surface area (Å²) in [4.78, 5) is 17.8. The minimum atomic E-state index is 0.0457. The first-order valence-electron chi connectivity index (χ1n) is 6.09. The molecule has 0 saturated heterocycles. The van der Waals surface area contributed by atoms with Gasteiger partial charge in [-0.05, 0) is 17.7 Å². The molecule has 0 atom stereocenters. The summed E-state index contributed by atoms with van der Waals surface area (Å²) in [6, 6.07) is 3.88. The van der Waals surface area contributed by atoms with E-state index in [4.69, 9.17) is 4.74 Å². The number of ether oxygens (including phenoxy) is 1. The van der Waals surface area contributed by atoms with E-state index in [1.165, 1.54) is 0 Å². The second kappa shape index (κ2) is 8.77. The molecule has 0 aliphatic heterocycles. The largest absolute Gasteiger partial charge is 0.384 e. The van der Waals surface area contributed by atoms with Gasteiger partial charge in [0, 0.05) is 39.7 Å². The molecule has 1 amide bonds. The summed E-state index contributed by atoms with van der Waals surface area (Å²) in [5, 5.41) is 2.90. The third-order valence-electron chi connectivity index (χ3n) is 2.42. The van der Waals surface area contributed by atoms with E-state index in [1.54, 1.807) is 25.1 Å². The standard InChI is InChI=1S/C13H21N3O2S/c1-16(2)12-8-11(4-5-14-12)9-15-13(17)10-19-7-6-18-3/h4-5,8H,6-7,9-10H2,1-3H3,(H,15,17). The van der Waals surface area contributed by atoms with Crippen LogP contribution in [0.2, 0.25) is 0 Å². The maximum atomic E-state index is 11.6. The number of anilines is 1. The van der Waals surface area contributed by atoms with E-state index in [0.29, 0.717) is 18.9 Å². The summed E-state index contributed by atoms with van der Waals surface area (Å²) in [7, 11) is 5.54. The average Bonchev–Trinajstić information content (AvgIpc) is 2.41. The lowest BCUT2D eigenvalue weighted by atomic mass is 10.2. The first-order chi connectivity index (χ1) is 9.13. The van der Waals surface area contributed by atoms with Crippen LogP contribution in [0.5, 0.6) is 0 Å². The Morgan fingerprint density at radius 2 is 2.32 bits per heavy atom. The first kappa shape index (κ1) is 15.8. The van der Waals surface area contributed by atoms with Crippen molar-refractivity contribution >= 4 is 23.5 Å². The van der Waals surface area contributed by atoms with Crippen LogP contribution in [0.1, 0.15) is 5.56 Å². The lowest BCUT2D eigenvalue weighted by Gasteiger charge is -2.12. The lowest BCUT2D eigenvalue weighted by Crippen LogP contribution is -2.25. The summed E-state index contributed by atoms with van der Waals surface area (Å²) < 4.78 is 4.92. The number of thioether (sulfide) groups is 1. The van der Waals surface area contributed by atoms with Gasteiger partial charge >= 0.3 is 0 Å². The maximum absolute atomic E-state index is 11.6. The molecule has 1 rings (SSSR count). The molecular formula is C13H21N3O2S. The Bertz CT molecular complexity index is 399. The zero-order chi connectivity index (χ0) is 14.1. The van der Waals surface area contributed by atoms with Gasteiger partial charge in [0.1, 0.15) is 5.82 Å². The van der Waals surface area contributed by atoms with Crippen LogP contribution in [0.3, 0.4) is 0 Å². The number of nitrogens with zero attached hydrogens (tertiary/aromatic N) is 2. The quantitative estimate of drug-likeness (QED) is 0.725. The van der Waals surface area contributed by atoms with Crippen molar-refractivity contribution in [3.63, 3.8) is 0 Å². The molecule has 1 heterocycles.